The summed E-state index contributed by atoms with van der Waals surface area (Å²) in [5.74, 6) is 0.871. The predicted octanol–water partition coefficient (Wildman–Crippen LogP) is 1.93. The van der Waals surface area contributed by atoms with E-state index in [9.17, 15) is 9.90 Å². The van der Waals surface area contributed by atoms with E-state index >= 15 is 0 Å². The molecular formula is C17H20N4O4. The Kier molecular flexibility index (Phi) is 4.60. The van der Waals surface area contributed by atoms with E-state index in [1.54, 1.807) is 29.8 Å². The van der Waals surface area contributed by atoms with Crippen molar-refractivity contribution >= 4 is 16.8 Å². The zero-order chi connectivity index (χ0) is 18.0. The number of carbonyl (C=O) groups is 1. The van der Waals surface area contributed by atoms with Crippen molar-refractivity contribution in [2.24, 2.45) is 0 Å². The van der Waals surface area contributed by atoms with Gasteiger partial charge in [-0.15, -0.1) is 0 Å². The number of carbonyl (C=O) groups excluding carboxylic acids is 1. The lowest BCUT2D eigenvalue weighted by Crippen LogP contribution is -2.24. The van der Waals surface area contributed by atoms with E-state index in [0.717, 1.165) is 5.69 Å². The molecule has 3 heterocycles. The van der Waals surface area contributed by atoms with Crippen LogP contribution in [0.5, 0.6) is 11.8 Å². The minimum Gasteiger partial charge on any atom is -0.494 e. The van der Waals surface area contributed by atoms with Crippen LogP contribution in [0.3, 0.4) is 0 Å². The van der Waals surface area contributed by atoms with E-state index in [1.807, 2.05) is 6.92 Å². The molecule has 0 fully saturated rings. The third-order valence-corrected chi connectivity index (χ3v) is 3.90. The molecule has 3 aromatic heterocycles. The molecule has 3 aromatic rings. The molecule has 0 aliphatic heterocycles. The summed E-state index contributed by atoms with van der Waals surface area (Å²) in [6.45, 7) is 4.59. The largest absolute Gasteiger partial charge is 0.494 e. The number of methoxy groups -OCH3 is 1. The fourth-order valence-electron chi connectivity index (χ4n) is 2.65. The molecule has 2 N–H and O–H groups in total. The summed E-state index contributed by atoms with van der Waals surface area (Å²) in [7, 11) is 1.52. The van der Waals surface area contributed by atoms with Crippen molar-refractivity contribution in [1.29, 1.82) is 0 Å². The van der Waals surface area contributed by atoms with E-state index < -0.39 is 0 Å². The molecule has 0 unspecified atom stereocenters. The van der Waals surface area contributed by atoms with Crippen LogP contribution >= 0.6 is 0 Å². The molecule has 0 bridgehead atoms. The highest BCUT2D eigenvalue weighted by Gasteiger charge is 2.15. The van der Waals surface area contributed by atoms with E-state index in [2.05, 4.69) is 15.5 Å². The fourth-order valence-corrected chi connectivity index (χ4v) is 2.65. The molecule has 8 nitrogen and oxygen atoms in total. The first-order valence-electron chi connectivity index (χ1n) is 7.96. The predicted molar refractivity (Wildman–Crippen MR) is 90.4 cm³/mol. The SMILES string of the molecule is CCn1cc2nc(OC)c(CNC(=O)Cc3cc(C)no3)cc2c1O. The number of nitrogens with zero attached hydrogens (tertiary/aromatic N) is 3. The van der Waals surface area contributed by atoms with Crippen molar-refractivity contribution in [3.8, 4) is 11.8 Å². The van der Waals surface area contributed by atoms with Gasteiger partial charge in [-0.3, -0.25) is 4.79 Å². The van der Waals surface area contributed by atoms with Gasteiger partial charge >= 0.3 is 0 Å². The molecule has 0 aliphatic rings. The number of ether oxygens (including phenoxy) is 1. The zero-order valence-electron chi connectivity index (χ0n) is 14.4. The van der Waals surface area contributed by atoms with Crippen LogP contribution in [0.4, 0.5) is 0 Å². The average molecular weight is 344 g/mol. The topological polar surface area (TPSA) is 102 Å². The Bertz CT molecular complexity index is 913. The average Bonchev–Trinajstić information content (AvgIpc) is 3.15. The number of aromatic hydroxyl groups is 1. The summed E-state index contributed by atoms with van der Waals surface area (Å²) in [5.41, 5.74) is 2.06. The quantitative estimate of drug-likeness (QED) is 0.708. The Morgan fingerprint density at radius 1 is 1.44 bits per heavy atom. The number of hydrogen-bond donors (Lipinski definition) is 2. The molecule has 0 atom stereocenters. The molecule has 3 rings (SSSR count). The zero-order valence-corrected chi connectivity index (χ0v) is 14.4. The summed E-state index contributed by atoms with van der Waals surface area (Å²) in [6.07, 6.45) is 1.87. The second-order valence-electron chi connectivity index (χ2n) is 5.72. The Morgan fingerprint density at radius 3 is 2.88 bits per heavy atom. The minimum atomic E-state index is -0.200. The highest BCUT2D eigenvalue weighted by Crippen LogP contribution is 2.30. The molecule has 1 amide bonds. The summed E-state index contributed by atoms with van der Waals surface area (Å²) >= 11 is 0. The molecule has 0 aliphatic carbocycles. The summed E-state index contributed by atoms with van der Waals surface area (Å²) in [5, 5.41) is 17.4. The van der Waals surface area contributed by atoms with Crippen LogP contribution in [-0.4, -0.2) is 32.8 Å². The fraction of sp³-hybridized carbons (Fsp3) is 0.353. The number of amides is 1. The first kappa shape index (κ1) is 16.8. The van der Waals surface area contributed by atoms with Gasteiger partial charge in [0.15, 0.2) is 0 Å². The lowest BCUT2D eigenvalue weighted by atomic mass is 10.2. The maximum atomic E-state index is 12.1. The molecule has 0 radical (unpaired) electrons. The second kappa shape index (κ2) is 6.84. The van der Waals surface area contributed by atoms with Crippen molar-refractivity contribution in [3.05, 3.63) is 35.3 Å². The van der Waals surface area contributed by atoms with Gasteiger partial charge in [-0.1, -0.05) is 5.16 Å². The number of nitrogens with one attached hydrogen (secondary N) is 1. The first-order valence-corrected chi connectivity index (χ1v) is 7.96. The molecule has 8 heteroatoms. The summed E-state index contributed by atoms with van der Waals surface area (Å²) in [6, 6.07) is 3.50. The van der Waals surface area contributed by atoms with Gasteiger partial charge in [-0.25, -0.2) is 4.98 Å². The normalized spacial score (nSPS) is 11.0. The molecule has 132 valence electrons. The molecule has 0 saturated carbocycles. The Balaban J connectivity index is 1.77. The molecule has 0 spiro atoms. The van der Waals surface area contributed by atoms with E-state index in [1.165, 1.54) is 7.11 Å². The van der Waals surface area contributed by atoms with Crippen molar-refractivity contribution < 1.29 is 19.2 Å². The number of pyridine rings is 1. The standard InChI is InChI=1S/C17H20N4O4/c1-4-21-9-14-13(17(21)23)6-11(16(19-14)24-3)8-18-15(22)7-12-5-10(2)20-25-12/h5-6,9,23H,4,7-8H2,1-3H3,(H,18,22). The molecule has 0 aromatic carbocycles. The van der Waals surface area contributed by atoms with Crippen LogP contribution in [0.2, 0.25) is 0 Å². The van der Waals surface area contributed by atoms with Crippen molar-refractivity contribution in [2.45, 2.75) is 33.4 Å². The number of aromatic nitrogens is 3. The van der Waals surface area contributed by atoms with Gasteiger partial charge in [0, 0.05) is 30.9 Å². The number of fused-ring (bicyclic) bond motifs is 1. The molecule has 25 heavy (non-hydrogen) atoms. The molecular weight excluding hydrogens is 324 g/mol. The van der Waals surface area contributed by atoms with Crippen LogP contribution < -0.4 is 10.1 Å². The Hall–Kier alpha value is -3.03. The summed E-state index contributed by atoms with van der Waals surface area (Å²) in [4.78, 5) is 16.5. The maximum absolute atomic E-state index is 12.1. The van der Waals surface area contributed by atoms with E-state index in [4.69, 9.17) is 9.26 Å². The highest BCUT2D eigenvalue weighted by atomic mass is 16.5. The second-order valence-corrected chi connectivity index (χ2v) is 5.72. The third-order valence-electron chi connectivity index (χ3n) is 3.90. The van der Waals surface area contributed by atoms with Gasteiger partial charge in [0.05, 0.1) is 30.1 Å². The lowest BCUT2D eigenvalue weighted by Gasteiger charge is -2.09. The van der Waals surface area contributed by atoms with Gasteiger partial charge in [0.1, 0.15) is 5.76 Å². The first-order chi connectivity index (χ1) is 12.0. The van der Waals surface area contributed by atoms with Gasteiger partial charge in [0.25, 0.3) is 0 Å². The van der Waals surface area contributed by atoms with Crippen molar-refractivity contribution in [1.82, 2.24) is 20.0 Å². The number of rotatable bonds is 6. The smallest absolute Gasteiger partial charge is 0.228 e. The monoisotopic (exact) mass is 344 g/mol. The van der Waals surface area contributed by atoms with Gasteiger partial charge in [0.2, 0.25) is 17.7 Å². The van der Waals surface area contributed by atoms with Crippen LogP contribution in [0.25, 0.3) is 10.9 Å². The minimum absolute atomic E-state index is 0.107. The third kappa shape index (κ3) is 3.42. The summed E-state index contributed by atoms with van der Waals surface area (Å²) < 4.78 is 12.0. The lowest BCUT2D eigenvalue weighted by molar-refractivity contribution is -0.120. The van der Waals surface area contributed by atoms with Crippen LogP contribution in [0, 0.1) is 6.92 Å². The van der Waals surface area contributed by atoms with Crippen LogP contribution in [-0.2, 0) is 24.3 Å². The highest BCUT2D eigenvalue weighted by molar-refractivity contribution is 5.86. The Labute approximate surface area is 144 Å². The maximum Gasteiger partial charge on any atom is 0.228 e. The van der Waals surface area contributed by atoms with E-state index in [-0.39, 0.29) is 24.8 Å². The van der Waals surface area contributed by atoms with Gasteiger partial charge < -0.3 is 24.3 Å². The van der Waals surface area contributed by atoms with Crippen molar-refractivity contribution in [2.75, 3.05) is 7.11 Å². The Morgan fingerprint density at radius 2 is 2.24 bits per heavy atom. The van der Waals surface area contributed by atoms with E-state index in [0.29, 0.717) is 34.7 Å². The van der Waals surface area contributed by atoms with Gasteiger partial charge in [-0.05, 0) is 19.9 Å². The van der Waals surface area contributed by atoms with Crippen LogP contribution in [0.15, 0.2) is 22.9 Å². The van der Waals surface area contributed by atoms with Gasteiger partial charge in [-0.2, -0.15) is 0 Å². The van der Waals surface area contributed by atoms with Crippen molar-refractivity contribution in [3.63, 3.8) is 0 Å². The van der Waals surface area contributed by atoms with Crippen LogP contribution in [0.1, 0.15) is 23.9 Å². The number of aryl methyl sites for hydroxylation is 2. The molecule has 0 saturated heterocycles. The number of hydrogen-bond acceptors (Lipinski definition) is 6.